The molecule has 19 heavy (non-hydrogen) atoms. The summed E-state index contributed by atoms with van der Waals surface area (Å²) in [6, 6.07) is 14.3. The molecular formula is C16H19NOS. The van der Waals surface area contributed by atoms with E-state index in [4.69, 9.17) is 10.5 Å². The summed E-state index contributed by atoms with van der Waals surface area (Å²) in [5.74, 6) is 1.80. The molecule has 0 bridgehead atoms. The van der Waals surface area contributed by atoms with Crippen molar-refractivity contribution in [3.8, 4) is 5.75 Å². The van der Waals surface area contributed by atoms with E-state index in [9.17, 15) is 0 Å². The number of anilines is 1. The summed E-state index contributed by atoms with van der Waals surface area (Å²) in [7, 11) is 0. The van der Waals surface area contributed by atoms with Gasteiger partial charge in [-0.3, -0.25) is 0 Å². The van der Waals surface area contributed by atoms with Crippen LogP contribution in [0.2, 0.25) is 0 Å². The zero-order valence-corrected chi connectivity index (χ0v) is 12.2. The van der Waals surface area contributed by atoms with Crippen LogP contribution < -0.4 is 10.5 Å². The Hall–Kier alpha value is -1.61. The lowest BCUT2D eigenvalue weighted by atomic mass is 10.1. The lowest BCUT2D eigenvalue weighted by Gasteiger charge is -2.10. The molecule has 2 nitrogen and oxygen atoms in total. The van der Waals surface area contributed by atoms with Crippen molar-refractivity contribution in [1.29, 1.82) is 0 Å². The molecule has 0 saturated heterocycles. The van der Waals surface area contributed by atoms with Crippen molar-refractivity contribution in [3.63, 3.8) is 0 Å². The van der Waals surface area contributed by atoms with Crippen LogP contribution in [-0.2, 0) is 5.75 Å². The minimum atomic E-state index is 0.672. The second-order valence-electron chi connectivity index (χ2n) is 4.35. The smallest absolute Gasteiger partial charge is 0.120 e. The average molecular weight is 273 g/mol. The van der Waals surface area contributed by atoms with E-state index in [1.54, 1.807) is 11.8 Å². The summed E-state index contributed by atoms with van der Waals surface area (Å²) in [4.78, 5) is 1.08. The van der Waals surface area contributed by atoms with Crippen LogP contribution in [-0.4, -0.2) is 6.61 Å². The van der Waals surface area contributed by atoms with E-state index in [1.807, 2.05) is 25.1 Å². The minimum Gasteiger partial charge on any atom is -0.494 e. The number of aryl methyl sites for hydroxylation is 1. The Morgan fingerprint density at radius 2 is 1.95 bits per heavy atom. The normalized spacial score (nSPS) is 10.4. The first-order valence-corrected chi connectivity index (χ1v) is 7.39. The van der Waals surface area contributed by atoms with E-state index in [0.29, 0.717) is 6.61 Å². The van der Waals surface area contributed by atoms with E-state index >= 15 is 0 Å². The van der Waals surface area contributed by atoms with Crippen molar-refractivity contribution in [2.45, 2.75) is 24.5 Å². The molecule has 100 valence electrons. The summed E-state index contributed by atoms with van der Waals surface area (Å²) >= 11 is 1.75. The van der Waals surface area contributed by atoms with Crippen LogP contribution in [0.1, 0.15) is 18.1 Å². The third kappa shape index (κ3) is 3.67. The molecule has 3 heteroatoms. The highest BCUT2D eigenvalue weighted by Crippen LogP contribution is 2.32. The second kappa shape index (κ2) is 6.53. The fourth-order valence-corrected chi connectivity index (χ4v) is 2.89. The number of nitrogen functional groups attached to an aromatic ring is 1. The zero-order valence-electron chi connectivity index (χ0n) is 11.3. The Morgan fingerprint density at radius 1 is 1.16 bits per heavy atom. The molecule has 2 rings (SSSR count). The zero-order chi connectivity index (χ0) is 13.7. The first kappa shape index (κ1) is 13.8. The van der Waals surface area contributed by atoms with Crippen LogP contribution in [0.4, 0.5) is 5.69 Å². The Balaban J connectivity index is 2.10. The van der Waals surface area contributed by atoms with Crippen molar-refractivity contribution in [1.82, 2.24) is 0 Å². The van der Waals surface area contributed by atoms with Gasteiger partial charge in [0.1, 0.15) is 5.75 Å². The van der Waals surface area contributed by atoms with Gasteiger partial charge in [0, 0.05) is 16.3 Å². The van der Waals surface area contributed by atoms with E-state index in [-0.39, 0.29) is 0 Å². The number of rotatable bonds is 5. The van der Waals surface area contributed by atoms with Gasteiger partial charge in [0.15, 0.2) is 0 Å². The maximum absolute atomic E-state index is 6.01. The standard InChI is InChI=1S/C16H19NOS/c1-3-18-14-8-9-15(17)16(10-14)19-11-13-7-5-4-6-12(13)2/h4-10H,3,11,17H2,1-2H3. The van der Waals surface area contributed by atoms with Crippen LogP contribution in [0.15, 0.2) is 47.4 Å². The monoisotopic (exact) mass is 273 g/mol. The van der Waals surface area contributed by atoms with Gasteiger partial charge in [-0.25, -0.2) is 0 Å². The molecule has 0 fully saturated rings. The highest BCUT2D eigenvalue weighted by molar-refractivity contribution is 7.98. The number of nitrogens with two attached hydrogens (primary N) is 1. The molecule has 2 aromatic rings. The Kier molecular flexibility index (Phi) is 4.74. The van der Waals surface area contributed by atoms with Gasteiger partial charge in [-0.05, 0) is 43.2 Å². The van der Waals surface area contributed by atoms with E-state index < -0.39 is 0 Å². The minimum absolute atomic E-state index is 0.672. The molecular weight excluding hydrogens is 254 g/mol. The topological polar surface area (TPSA) is 35.2 Å². The van der Waals surface area contributed by atoms with Crippen molar-refractivity contribution in [2.24, 2.45) is 0 Å². The van der Waals surface area contributed by atoms with Crippen LogP contribution in [0.5, 0.6) is 5.75 Å². The van der Waals surface area contributed by atoms with Crippen molar-refractivity contribution < 1.29 is 4.74 Å². The molecule has 0 aromatic heterocycles. The van der Waals surface area contributed by atoms with E-state index in [0.717, 1.165) is 22.1 Å². The van der Waals surface area contributed by atoms with Gasteiger partial charge in [-0.15, -0.1) is 11.8 Å². The lowest BCUT2D eigenvalue weighted by molar-refractivity contribution is 0.339. The van der Waals surface area contributed by atoms with Gasteiger partial charge in [0.2, 0.25) is 0 Å². The molecule has 0 aliphatic heterocycles. The van der Waals surface area contributed by atoms with E-state index in [1.165, 1.54) is 11.1 Å². The van der Waals surface area contributed by atoms with Gasteiger partial charge in [-0.2, -0.15) is 0 Å². The molecule has 0 heterocycles. The molecule has 0 spiro atoms. The fraction of sp³-hybridized carbons (Fsp3) is 0.250. The Morgan fingerprint density at radius 3 is 2.68 bits per heavy atom. The van der Waals surface area contributed by atoms with Crippen molar-refractivity contribution in [2.75, 3.05) is 12.3 Å². The molecule has 2 N–H and O–H groups in total. The first-order valence-electron chi connectivity index (χ1n) is 6.40. The number of ether oxygens (including phenoxy) is 1. The van der Waals surface area contributed by atoms with Crippen LogP contribution in [0.3, 0.4) is 0 Å². The highest BCUT2D eigenvalue weighted by Gasteiger charge is 2.04. The third-order valence-corrected chi connectivity index (χ3v) is 4.06. The largest absolute Gasteiger partial charge is 0.494 e. The van der Waals surface area contributed by atoms with Crippen molar-refractivity contribution in [3.05, 3.63) is 53.6 Å². The highest BCUT2D eigenvalue weighted by atomic mass is 32.2. The van der Waals surface area contributed by atoms with Gasteiger partial charge in [-0.1, -0.05) is 24.3 Å². The lowest BCUT2D eigenvalue weighted by Crippen LogP contribution is -1.94. The number of hydrogen-bond acceptors (Lipinski definition) is 3. The SMILES string of the molecule is CCOc1ccc(N)c(SCc2ccccc2C)c1. The molecule has 2 aromatic carbocycles. The quantitative estimate of drug-likeness (QED) is 0.652. The maximum atomic E-state index is 6.01. The summed E-state index contributed by atoms with van der Waals surface area (Å²) in [6.45, 7) is 4.79. The Bertz CT molecular complexity index is 554. The fourth-order valence-electron chi connectivity index (χ4n) is 1.82. The molecule has 0 atom stereocenters. The summed E-state index contributed by atoms with van der Waals surface area (Å²) in [5.41, 5.74) is 9.47. The van der Waals surface area contributed by atoms with Crippen LogP contribution in [0.25, 0.3) is 0 Å². The predicted molar refractivity (Wildman–Crippen MR) is 82.8 cm³/mol. The maximum Gasteiger partial charge on any atom is 0.120 e. The predicted octanol–water partition coefficient (Wildman–Crippen LogP) is 4.27. The first-order chi connectivity index (χ1) is 9.20. The van der Waals surface area contributed by atoms with Gasteiger partial charge >= 0.3 is 0 Å². The third-order valence-electron chi connectivity index (χ3n) is 2.94. The number of benzene rings is 2. The molecule has 0 aliphatic carbocycles. The number of hydrogen-bond donors (Lipinski definition) is 1. The molecule has 0 unspecified atom stereocenters. The van der Waals surface area contributed by atoms with Crippen LogP contribution >= 0.6 is 11.8 Å². The molecule has 0 saturated carbocycles. The summed E-state index contributed by atoms with van der Waals surface area (Å²) in [5, 5.41) is 0. The van der Waals surface area contributed by atoms with Gasteiger partial charge in [0.05, 0.1) is 6.61 Å². The second-order valence-corrected chi connectivity index (χ2v) is 5.36. The van der Waals surface area contributed by atoms with E-state index in [2.05, 4.69) is 31.2 Å². The van der Waals surface area contributed by atoms with Crippen LogP contribution in [0, 0.1) is 6.92 Å². The molecule has 0 amide bonds. The van der Waals surface area contributed by atoms with Gasteiger partial charge in [0.25, 0.3) is 0 Å². The number of thioether (sulfide) groups is 1. The molecule has 0 radical (unpaired) electrons. The Labute approximate surface area is 119 Å². The summed E-state index contributed by atoms with van der Waals surface area (Å²) < 4.78 is 5.51. The van der Waals surface area contributed by atoms with Crippen molar-refractivity contribution >= 4 is 17.4 Å². The average Bonchev–Trinajstić information content (AvgIpc) is 2.41. The molecule has 0 aliphatic rings. The van der Waals surface area contributed by atoms with Gasteiger partial charge < -0.3 is 10.5 Å². The summed E-state index contributed by atoms with van der Waals surface area (Å²) in [6.07, 6.45) is 0.